The quantitative estimate of drug-likeness (QED) is 0.501. The van der Waals surface area contributed by atoms with Crippen molar-refractivity contribution in [1.82, 2.24) is 20.5 Å². The normalized spacial score (nSPS) is 15.6. The highest BCUT2D eigenvalue weighted by molar-refractivity contribution is 7.20. The van der Waals surface area contributed by atoms with Crippen molar-refractivity contribution in [3.63, 3.8) is 0 Å². The molecule has 12 heteroatoms. The first-order chi connectivity index (χ1) is 15.1. The summed E-state index contributed by atoms with van der Waals surface area (Å²) in [5, 5.41) is 19.0. The van der Waals surface area contributed by atoms with Crippen LogP contribution < -0.4 is 5.32 Å². The lowest BCUT2D eigenvalue weighted by Crippen LogP contribution is -2.34. The van der Waals surface area contributed by atoms with Crippen molar-refractivity contribution in [2.24, 2.45) is 0 Å². The second-order valence-electron chi connectivity index (χ2n) is 7.24. The molecule has 0 saturated carbocycles. The van der Waals surface area contributed by atoms with Crippen molar-refractivity contribution in [1.29, 1.82) is 0 Å². The van der Waals surface area contributed by atoms with E-state index in [0.717, 1.165) is 47.2 Å². The Morgan fingerprint density at radius 1 is 1.38 bits per heavy atom. The number of aromatic nitrogens is 3. The zero-order chi connectivity index (χ0) is 23.5. The van der Waals surface area contributed by atoms with Crippen LogP contribution in [0.3, 0.4) is 0 Å². The highest BCUT2D eigenvalue weighted by Crippen LogP contribution is 2.30. The van der Waals surface area contributed by atoms with E-state index in [1.165, 1.54) is 29.7 Å². The van der Waals surface area contributed by atoms with Crippen LogP contribution in [0.2, 0.25) is 0 Å². The van der Waals surface area contributed by atoms with Gasteiger partial charge in [-0.1, -0.05) is 0 Å². The van der Waals surface area contributed by atoms with Crippen LogP contribution in [0.1, 0.15) is 38.5 Å². The Morgan fingerprint density at radius 2 is 2.09 bits per heavy atom. The first kappa shape index (κ1) is 23.7. The van der Waals surface area contributed by atoms with Crippen LogP contribution in [0.15, 0.2) is 18.5 Å². The van der Waals surface area contributed by atoms with Crippen LogP contribution in [-0.2, 0) is 28.9 Å². The Balaban J connectivity index is 0.000000360. The predicted molar refractivity (Wildman–Crippen MR) is 111 cm³/mol. The van der Waals surface area contributed by atoms with Gasteiger partial charge in [0.15, 0.2) is 0 Å². The molecule has 3 aromatic rings. The van der Waals surface area contributed by atoms with Crippen LogP contribution in [-0.4, -0.2) is 51.6 Å². The Bertz CT molecular complexity index is 1130. The number of halogens is 3. The molecule has 1 aliphatic carbocycles. The van der Waals surface area contributed by atoms with Gasteiger partial charge < -0.3 is 15.2 Å². The number of aromatic amines is 1. The number of carbonyl (C=O) groups excluding carboxylic acids is 1. The molecule has 0 radical (unpaired) electrons. The van der Waals surface area contributed by atoms with E-state index in [-0.39, 0.29) is 5.97 Å². The summed E-state index contributed by atoms with van der Waals surface area (Å²) in [5.41, 5.74) is 4.65. The topological polar surface area (TPSA) is 117 Å². The molecule has 1 aliphatic rings. The average Bonchev–Trinajstić information content (AvgIpc) is 3.35. The number of methoxy groups -OCH3 is 1. The van der Waals surface area contributed by atoms with Crippen molar-refractivity contribution in [3.8, 4) is 0 Å². The van der Waals surface area contributed by atoms with Gasteiger partial charge in [-0.05, 0) is 42.5 Å². The summed E-state index contributed by atoms with van der Waals surface area (Å²) in [6, 6.07) is 2.57. The molecular weight excluding hydrogens is 449 g/mol. The standard InChI is InChI=1S/C18H20N4O2S.C2HF3O2/c1-10-14-5-11(8-20-17(14)25-16(10)18(23)24-2)7-19-13-4-3-12-9-21-22-15(12)6-13;3-2(4,5)1(6)7/h5,8-9,13,19H,3-4,6-7H2,1-2H3,(H,21,22);(H,6,7). The van der Waals surface area contributed by atoms with Gasteiger partial charge in [-0.15, -0.1) is 11.3 Å². The molecule has 4 rings (SSSR count). The zero-order valence-electron chi connectivity index (χ0n) is 17.2. The Hall–Kier alpha value is -2.99. The van der Waals surface area contributed by atoms with Crippen LogP contribution in [0.5, 0.6) is 0 Å². The number of hydrogen-bond donors (Lipinski definition) is 3. The number of aryl methyl sites for hydroxylation is 2. The van der Waals surface area contributed by atoms with E-state index in [4.69, 9.17) is 14.6 Å². The highest BCUT2D eigenvalue weighted by atomic mass is 32.1. The minimum atomic E-state index is -5.08. The molecule has 32 heavy (non-hydrogen) atoms. The second kappa shape index (κ2) is 9.65. The van der Waals surface area contributed by atoms with Crippen LogP contribution >= 0.6 is 11.3 Å². The fourth-order valence-corrected chi connectivity index (χ4v) is 4.42. The minimum Gasteiger partial charge on any atom is -0.475 e. The fourth-order valence-electron chi connectivity index (χ4n) is 3.37. The van der Waals surface area contributed by atoms with E-state index in [1.807, 2.05) is 19.3 Å². The third-order valence-corrected chi connectivity index (χ3v) is 6.28. The summed E-state index contributed by atoms with van der Waals surface area (Å²) in [5.74, 6) is -3.05. The Morgan fingerprint density at radius 3 is 2.75 bits per heavy atom. The van der Waals surface area contributed by atoms with Crippen LogP contribution in [0.4, 0.5) is 13.2 Å². The Labute approximate surface area is 184 Å². The van der Waals surface area contributed by atoms with Gasteiger partial charge in [0.05, 0.1) is 13.3 Å². The number of ether oxygens (including phenoxy) is 1. The SMILES string of the molecule is COC(=O)c1sc2ncc(CNC3CCc4cn[nH]c4C3)cc2c1C.O=C(O)C(F)(F)F. The van der Waals surface area contributed by atoms with Crippen LogP contribution in [0, 0.1) is 6.92 Å². The van der Waals surface area contributed by atoms with Gasteiger partial charge in [0.1, 0.15) is 9.71 Å². The van der Waals surface area contributed by atoms with E-state index in [1.54, 1.807) is 0 Å². The van der Waals surface area contributed by atoms with E-state index in [0.29, 0.717) is 10.9 Å². The number of esters is 1. The number of aliphatic carboxylic acids is 1. The smallest absolute Gasteiger partial charge is 0.475 e. The van der Waals surface area contributed by atoms with Gasteiger partial charge >= 0.3 is 18.1 Å². The molecule has 1 atom stereocenters. The molecule has 3 heterocycles. The number of rotatable bonds is 4. The maximum absolute atomic E-state index is 11.8. The molecule has 0 spiro atoms. The molecular formula is C20H21F3N4O4S. The van der Waals surface area contributed by atoms with E-state index >= 15 is 0 Å². The summed E-state index contributed by atoms with van der Waals surface area (Å²) in [6.07, 6.45) is 1.90. The molecule has 0 bridgehead atoms. The van der Waals surface area contributed by atoms with Crippen molar-refractivity contribution in [3.05, 3.63) is 45.7 Å². The largest absolute Gasteiger partial charge is 0.490 e. The van der Waals surface area contributed by atoms with Gasteiger partial charge in [0.25, 0.3) is 0 Å². The number of pyridine rings is 1. The van der Waals surface area contributed by atoms with E-state index in [2.05, 4.69) is 26.6 Å². The number of nitrogens with one attached hydrogen (secondary N) is 2. The summed E-state index contributed by atoms with van der Waals surface area (Å²) in [7, 11) is 1.41. The highest BCUT2D eigenvalue weighted by Gasteiger charge is 2.38. The lowest BCUT2D eigenvalue weighted by atomic mass is 9.93. The summed E-state index contributed by atoms with van der Waals surface area (Å²) < 4.78 is 36.6. The summed E-state index contributed by atoms with van der Waals surface area (Å²) in [6.45, 7) is 2.71. The maximum atomic E-state index is 11.8. The van der Waals surface area contributed by atoms with Crippen molar-refractivity contribution in [2.75, 3.05) is 7.11 Å². The number of H-pyrrole nitrogens is 1. The van der Waals surface area contributed by atoms with Gasteiger partial charge in [-0.3, -0.25) is 5.10 Å². The second-order valence-corrected chi connectivity index (χ2v) is 8.24. The van der Waals surface area contributed by atoms with Crippen molar-refractivity contribution < 1.29 is 32.6 Å². The van der Waals surface area contributed by atoms with Crippen LogP contribution in [0.25, 0.3) is 10.2 Å². The molecule has 0 saturated heterocycles. The van der Waals surface area contributed by atoms with Gasteiger partial charge in [0, 0.05) is 36.3 Å². The number of carbonyl (C=O) groups is 2. The van der Waals surface area contributed by atoms with Gasteiger partial charge in [-0.2, -0.15) is 18.3 Å². The van der Waals surface area contributed by atoms with Crippen molar-refractivity contribution in [2.45, 2.75) is 44.9 Å². The predicted octanol–water partition coefficient (Wildman–Crippen LogP) is 3.39. The molecule has 3 aromatic heterocycles. The number of thiophene rings is 1. The average molecular weight is 470 g/mol. The third kappa shape index (κ3) is 5.43. The first-order valence-electron chi connectivity index (χ1n) is 9.61. The van der Waals surface area contributed by atoms with E-state index in [9.17, 15) is 18.0 Å². The molecule has 0 aromatic carbocycles. The zero-order valence-corrected chi connectivity index (χ0v) is 18.1. The lowest BCUT2D eigenvalue weighted by Gasteiger charge is -2.22. The third-order valence-electron chi connectivity index (χ3n) is 5.08. The number of carboxylic acids is 1. The fraction of sp³-hybridized carbons (Fsp3) is 0.400. The maximum Gasteiger partial charge on any atom is 0.490 e. The van der Waals surface area contributed by atoms with Gasteiger partial charge in [-0.25, -0.2) is 14.6 Å². The molecule has 172 valence electrons. The molecule has 0 amide bonds. The monoisotopic (exact) mass is 470 g/mol. The molecule has 8 nitrogen and oxygen atoms in total. The molecule has 0 aliphatic heterocycles. The number of carboxylic acid groups (broad SMARTS) is 1. The van der Waals surface area contributed by atoms with Crippen molar-refractivity contribution >= 4 is 33.5 Å². The summed E-state index contributed by atoms with van der Waals surface area (Å²) >= 11 is 1.39. The van der Waals surface area contributed by atoms with Gasteiger partial charge in [0.2, 0.25) is 0 Å². The molecule has 0 fully saturated rings. The number of hydrogen-bond acceptors (Lipinski definition) is 7. The van der Waals surface area contributed by atoms with E-state index < -0.39 is 12.1 Å². The Kier molecular flexibility index (Phi) is 7.14. The number of nitrogens with zero attached hydrogens (tertiary/aromatic N) is 2. The minimum absolute atomic E-state index is 0.294. The summed E-state index contributed by atoms with van der Waals surface area (Å²) in [4.78, 5) is 26.8. The number of fused-ring (bicyclic) bond motifs is 2. The molecule has 1 unspecified atom stereocenters. The number of alkyl halides is 3. The lowest BCUT2D eigenvalue weighted by molar-refractivity contribution is -0.192. The first-order valence-corrected chi connectivity index (χ1v) is 10.4. The molecule has 3 N–H and O–H groups in total.